The number of hydrogen-bond acceptors (Lipinski definition) is 4. The Kier molecular flexibility index (Phi) is 6.88. The maximum Gasteiger partial charge on any atom is 0.253 e. The minimum Gasteiger partial charge on any atom is -0.379 e. The third kappa shape index (κ3) is 5.19. The van der Waals surface area contributed by atoms with E-state index in [4.69, 9.17) is 16.3 Å². The van der Waals surface area contributed by atoms with Crippen molar-refractivity contribution in [2.24, 2.45) is 5.92 Å². The van der Waals surface area contributed by atoms with Crippen molar-refractivity contribution in [3.63, 3.8) is 0 Å². The fraction of sp³-hybridized carbons (Fsp3) is 0.579. The number of rotatable bonds is 5. The maximum atomic E-state index is 12.5. The van der Waals surface area contributed by atoms with Crippen LogP contribution in [0.2, 0.25) is 5.02 Å². The third-order valence-electron chi connectivity index (χ3n) is 5.06. The van der Waals surface area contributed by atoms with Gasteiger partial charge < -0.3 is 15.0 Å². The maximum absolute atomic E-state index is 12.5. The van der Waals surface area contributed by atoms with Crippen LogP contribution < -0.4 is 5.32 Å². The standard InChI is InChI=1S/C19H26ClN3O3/c20-17-3-1-2-16(14-17)19(25)23-7-4-15(5-8-23)18(24)21-6-9-22-10-12-26-13-11-22/h1-3,14-15H,4-13H2,(H,21,24). The Labute approximate surface area is 159 Å². The molecule has 0 radical (unpaired) electrons. The van der Waals surface area contributed by atoms with E-state index in [0.717, 1.165) is 32.8 Å². The van der Waals surface area contributed by atoms with Crippen molar-refractivity contribution in [1.29, 1.82) is 0 Å². The van der Waals surface area contributed by atoms with E-state index in [9.17, 15) is 9.59 Å². The SMILES string of the molecule is O=C(NCCN1CCOCC1)C1CCN(C(=O)c2cccc(Cl)c2)CC1. The number of halogens is 1. The number of nitrogens with zero attached hydrogens (tertiary/aromatic N) is 2. The molecule has 0 aliphatic carbocycles. The zero-order valence-corrected chi connectivity index (χ0v) is 15.7. The number of likely N-dealkylation sites (tertiary alicyclic amines) is 1. The van der Waals surface area contributed by atoms with Crippen molar-refractivity contribution in [2.45, 2.75) is 12.8 Å². The fourth-order valence-corrected chi connectivity index (χ4v) is 3.65. The molecule has 0 bridgehead atoms. The van der Waals surface area contributed by atoms with E-state index in [1.807, 2.05) is 4.90 Å². The van der Waals surface area contributed by atoms with Gasteiger partial charge in [-0.3, -0.25) is 14.5 Å². The van der Waals surface area contributed by atoms with Crippen molar-refractivity contribution in [1.82, 2.24) is 15.1 Å². The smallest absolute Gasteiger partial charge is 0.253 e. The number of ether oxygens (including phenoxy) is 1. The van der Waals surface area contributed by atoms with E-state index >= 15 is 0 Å². The van der Waals surface area contributed by atoms with E-state index in [1.165, 1.54) is 0 Å². The van der Waals surface area contributed by atoms with Crippen LogP contribution in [0.25, 0.3) is 0 Å². The molecule has 0 unspecified atom stereocenters. The van der Waals surface area contributed by atoms with Crippen LogP contribution in [0.5, 0.6) is 0 Å². The topological polar surface area (TPSA) is 61.9 Å². The van der Waals surface area contributed by atoms with Gasteiger partial charge in [0, 0.05) is 55.8 Å². The van der Waals surface area contributed by atoms with Gasteiger partial charge in [-0.25, -0.2) is 0 Å². The second kappa shape index (κ2) is 9.35. The van der Waals surface area contributed by atoms with Crippen molar-refractivity contribution in [3.05, 3.63) is 34.9 Å². The molecule has 0 spiro atoms. The molecule has 2 aliphatic rings. The van der Waals surface area contributed by atoms with E-state index in [2.05, 4.69) is 10.2 Å². The highest BCUT2D eigenvalue weighted by atomic mass is 35.5. The van der Waals surface area contributed by atoms with Crippen molar-refractivity contribution < 1.29 is 14.3 Å². The first-order chi connectivity index (χ1) is 12.6. The molecule has 1 aromatic carbocycles. The summed E-state index contributed by atoms with van der Waals surface area (Å²) in [5.74, 6) is 0.0786. The minimum atomic E-state index is -0.0151. The second-order valence-corrected chi connectivity index (χ2v) is 7.26. The molecular weight excluding hydrogens is 354 g/mol. The average molecular weight is 380 g/mol. The van der Waals surface area contributed by atoms with Crippen LogP contribution in [0.1, 0.15) is 23.2 Å². The van der Waals surface area contributed by atoms with E-state index < -0.39 is 0 Å². The van der Waals surface area contributed by atoms with Gasteiger partial charge in [-0.2, -0.15) is 0 Å². The second-order valence-electron chi connectivity index (χ2n) is 6.82. The Morgan fingerprint density at radius 3 is 2.58 bits per heavy atom. The summed E-state index contributed by atoms with van der Waals surface area (Å²) in [6.45, 7) is 6.14. The Morgan fingerprint density at radius 1 is 1.15 bits per heavy atom. The Hall–Kier alpha value is -1.63. The molecule has 142 valence electrons. The predicted octanol–water partition coefficient (Wildman–Crippen LogP) is 1.64. The van der Waals surface area contributed by atoms with E-state index in [-0.39, 0.29) is 17.7 Å². The molecule has 0 aromatic heterocycles. The summed E-state index contributed by atoms with van der Waals surface area (Å²) >= 11 is 5.96. The summed E-state index contributed by atoms with van der Waals surface area (Å²) in [5.41, 5.74) is 0.603. The molecule has 0 atom stereocenters. The van der Waals surface area contributed by atoms with Gasteiger partial charge in [-0.15, -0.1) is 0 Å². The first-order valence-electron chi connectivity index (χ1n) is 9.26. The third-order valence-corrected chi connectivity index (χ3v) is 5.29. The number of piperidine rings is 1. The Bertz CT molecular complexity index is 626. The van der Waals surface area contributed by atoms with E-state index in [1.54, 1.807) is 24.3 Å². The molecule has 1 aromatic rings. The summed E-state index contributed by atoms with van der Waals surface area (Å²) in [5, 5.41) is 3.60. The lowest BCUT2D eigenvalue weighted by Gasteiger charge is -2.32. The Morgan fingerprint density at radius 2 is 1.88 bits per heavy atom. The van der Waals surface area contributed by atoms with Crippen LogP contribution >= 0.6 is 11.6 Å². The number of amides is 2. The summed E-state index contributed by atoms with van der Waals surface area (Å²) < 4.78 is 5.32. The van der Waals surface area contributed by atoms with E-state index in [0.29, 0.717) is 43.1 Å². The van der Waals surface area contributed by atoms with Crippen molar-refractivity contribution in [3.8, 4) is 0 Å². The lowest BCUT2D eigenvalue weighted by molar-refractivity contribution is -0.126. The van der Waals surface area contributed by atoms with Gasteiger partial charge in [0.15, 0.2) is 0 Å². The lowest BCUT2D eigenvalue weighted by Crippen LogP contribution is -2.45. The van der Waals surface area contributed by atoms with Crippen LogP contribution in [0, 0.1) is 5.92 Å². The number of carbonyl (C=O) groups excluding carboxylic acids is 2. The normalized spacial score (nSPS) is 19.3. The van der Waals surface area contributed by atoms with Gasteiger partial charge in [0.25, 0.3) is 5.91 Å². The molecule has 3 rings (SSSR count). The summed E-state index contributed by atoms with van der Waals surface area (Å²) in [4.78, 5) is 29.0. The summed E-state index contributed by atoms with van der Waals surface area (Å²) in [6, 6.07) is 7.00. The number of morpholine rings is 1. The van der Waals surface area contributed by atoms with Crippen LogP contribution in [-0.4, -0.2) is 74.1 Å². The molecule has 2 amide bonds. The zero-order valence-electron chi connectivity index (χ0n) is 15.0. The summed E-state index contributed by atoms with van der Waals surface area (Å²) in [7, 11) is 0. The Balaban J connectivity index is 1.40. The number of nitrogens with one attached hydrogen (secondary N) is 1. The largest absolute Gasteiger partial charge is 0.379 e. The molecule has 0 saturated carbocycles. The molecule has 2 saturated heterocycles. The molecule has 7 heteroatoms. The summed E-state index contributed by atoms with van der Waals surface area (Å²) in [6.07, 6.45) is 1.41. The van der Waals surface area contributed by atoms with Crippen LogP contribution in [0.15, 0.2) is 24.3 Å². The highest BCUT2D eigenvalue weighted by Gasteiger charge is 2.27. The van der Waals surface area contributed by atoms with Gasteiger partial charge in [0.05, 0.1) is 13.2 Å². The van der Waals surface area contributed by atoms with Crippen LogP contribution in [0.3, 0.4) is 0 Å². The average Bonchev–Trinajstić information content (AvgIpc) is 2.68. The fourth-order valence-electron chi connectivity index (χ4n) is 3.46. The quantitative estimate of drug-likeness (QED) is 0.844. The monoisotopic (exact) mass is 379 g/mol. The minimum absolute atomic E-state index is 0.0110. The van der Waals surface area contributed by atoms with Crippen LogP contribution in [0.4, 0.5) is 0 Å². The number of hydrogen-bond donors (Lipinski definition) is 1. The predicted molar refractivity (Wildman–Crippen MR) is 100 cm³/mol. The van der Waals surface area contributed by atoms with Crippen LogP contribution in [-0.2, 0) is 9.53 Å². The van der Waals surface area contributed by atoms with Crippen molar-refractivity contribution >= 4 is 23.4 Å². The first-order valence-corrected chi connectivity index (χ1v) is 9.64. The van der Waals surface area contributed by atoms with Gasteiger partial charge in [0.1, 0.15) is 0 Å². The molecule has 6 nitrogen and oxygen atoms in total. The molecule has 2 fully saturated rings. The van der Waals surface area contributed by atoms with Gasteiger partial charge in [0.2, 0.25) is 5.91 Å². The lowest BCUT2D eigenvalue weighted by atomic mass is 9.95. The number of carbonyl (C=O) groups is 2. The van der Waals surface area contributed by atoms with Crippen molar-refractivity contribution in [2.75, 3.05) is 52.5 Å². The number of benzene rings is 1. The zero-order chi connectivity index (χ0) is 18.4. The molecule has 2 aliphatic heterocycles. The highest BCUT2D eigenvalue weighted by molar-refractivity contribution is 6.30. The van der Waals surface area contributed by atoms with Gasteiger partial charge in [-0.05, 0) is 31.0 Å². The van der Waals surface area contributed by atoms with Gasteiger partial charge >= 0.3 is 0 Å². The molecule has 2 heterocycles. The molecule has 26 heavy (non-hydrogen) atoms. The first kappa shape index (κ1) is 19.1. The molecule has 1 N–H and O–H groups in total. The van der Waals surface area contributed by atoms with Gasteiger partial charge in [-0.1, -0.05) is 17.7 Å². The molecular formula is C19H26ClN3O3. The highest BCUT2D eigenvalue weighted by Crippen LogP contribution is 2.20.